The number of benzene rings is 8. The molecule has 0 saturated carbocycles. The summed E-state index contributed by atoms with van der Waals surface area (Å²) in [6.45, 7) is 41.4. The van der Waals surface area contributed by atoms with Gasteiger partial charge in [0.05, 0.1) is 0 Å². The second-order valence-corrected chi connectivity index (χ2v) is 27.9. The molecule has 2 aromatic heterocycles. The van der Waals surface area contributed by atoms with Crippen LogP contribution in [0, 0.1) is 18.8 Å². The molecule has 8 aromatic carbocycles. The molecule has 0 fully saturated rings. The number of ether oxygens (including phenoxy) is 1. The number of rotatable bonds is 12. The Balaban J connectivity index is 0.00000786. The van der Waals surface area contributed by atoms with Crippen LogP contribution in [0.4, 0.5) is 22.7 Å². The summed E-state index contributed by atoms with van der Waals surface area (Å²) in [6, 6.07) is 70.5. The summed E-state index contributed by atoms with van der Waals surface area (Å²) in [5.74, 6) is 2.73. The molecule has 0 amide bonds. The molecular weight excluding hydrogens is 1200 g/mol. The fourth-order valence-corrected chi connectivity index (χ4v) is 12.2. The third-order valence-corrected chi connectivity index (χ3v) is 17.5. The van der Waals surface area contributed by atoms with Crippen LogP contribution >= 0.6 is 0 Å². The summed E-state index contributed by atoms with van der Waals surface area (Å²) in [4.78, 5) is 9.83. The van der Waals surface area contributed by atoms with Crippen molar-refractivity contribution in [1.82, 2.24) is 9.55 Å². The van der Waals surface area contributed by atoms with E-state index in [1.165, 1.54) is 50.1 Å². The monoisotopic (exact) mass is 1290 g/mol. The maximum atomic E-state index is 7.39. The van der Waals surface area contributed by atoms with Crippen LogP contribution in [0.15, 0.2) is 176 Å². The van der Waals surface area contributed by atoms with Gasteiger partial charge in [-0.1, -0.05) is 238 Å². The first kappa shape index (κ1) is 59.9. The van der Waals surface area contributed by atoms with Crippen molar-refractivity contribution in [2.24, 2.45) is 0 Å². The van der Waals surface area contributed by atoms with Gasteiger partial charge in [-0.2, -0.15) is 0 Å². The second-order valence-electron chi connectivity index (χ2n) is 27.9. The Labute approximate surface area is 516 Å². The standard InChI is InChI=1S/C78H83N4O.Pt/c1-50(2)63-32-26-33-64(51(3)4)72(63)52-35-36-68-69(39-52)81(49-80(68)59-41-56(75(8,9)10)40-58(43-59)77(14,15)53-27-20-18-21-28-53)60-42-57(76(11,12)13)44-61(46-60)83-62-47-66(78(16,17)54-29-22-19-23-30-54)73-65-31-24-25-34-67(65)82(70(73)48-62)71-45-55(37-38-79-71)74(5,6)7;/h18-45,47,49-51H,1-17H3;/q-3;. The number of pyridine rings is 1. The molecule has 0 N–H and O–H groups in total. The molecule has 84 heavy (non-hydrogen) atoms. The molecular formula is C78H83N4OPt-3. The van der Waals surface area contributed by atoms with Gasteiger partial charge in [-0.15, -0.1) is 53.8 Å². The summed E-state index contributed by atoms with van der Waals surface area (Å²) in [6.07, 6.45) is 1.94. The van der Waals surface area contributed by atoms with Crippen molar-refractivity contribution in [1.29, 1.82) is 0 Å². The summed E-state index contributed by atoms with van der Waals surface area (Å²) in [7, 11) is 0. The van der Waals surface area contributed by atoms with E-state index in [2.05, 4.69) is 321 Å². The summed E-state index contributed by atoms with van der Waals surface area (Å²) < 4.78 is 9.67. The molecule has 0 radical (unpaired) electrons. The van der Waals surface area contributed by atoms with Crippen molar-refractivity contribution in [3.63, 3.8) is 0 Å². The number of nitrogens with zero attached hydrogens (tertiary/aromatic N) is 4. The maximum Gasteiger partial charge on any atom is 0.135 e. The Morgan fingerprint density at radius 2 is 1.05 bits per heavy atom. The SMILES string of the molecule is CC(C)c1cccc(C(C)C)c1-c1ccc2c(c1)N(c1[c-]c(Oc3[c-]c4c(c(C(C)(C)c5ccccc5)c3)c3ccccc3n4-c3cc(C(C)(C)C)ccn3)cc(C(C)(C)C)c1)[CH-]N2c1cc(C(C)(C)C)cc(C(C)(C)c2ccccc2)c1.[Pt]. The van der Waals surface area contributed by atoms with E-state index in [9.17, 15) is 0 Å². The smallest absolute Gasteiger partial charge is 0.135 e. The molecule has 1 aliphatic heterocycles. The Morgan fingerprint density at radius 1 is 0.476 bits per heavy atom. The second kappa shape index (κ2) is 22.3. The van der Waals surface area contributed by atoms with Gasteiger partial charge in [0.1, 0.15) is 5.82 Å². The van der Waals surface area contributed by atoms with Gasteiger partial charge in [0.2, 0.25) is 0 Å². The minimum atomic E-state index is -0.441. The van der Waals surface area contributed by atoms with Crippen LogP contribution < -0.4 is 14.5 Å². The van der Waals surface area contributed by atoms with Gasteiger partial charge >= 0.3 is 0 Å². The molecule has 0 spiro atoms. The third-order valence-electron chi connectivity index (χ3n) is 17.5. The van der Waals surface area contributed by atoms with Crippen LogP contribution in [0.1, 0.15) is 180 Å². The first-order valence-electron chi connectivity index (χ1n) is 29.9. The number of hydrogen-bond acceptors (Lipinski definition) is 4. The molecule has 0 aliphatic carbocycles. The van der Waals surface area contributed by atoms with E-state index in [0.717, 1.165) is 61.5 Å². The van der Waals surface area contributed by atoms with E-state index in [4.69, 9.17) is 9.72 Å². The van der Waals surface area contributed by atoms with E-state index in [0.29, 0.717) is 23.3 Å². The first-order valence-corrected chi connectivity index (χ1v) is 29.9. The van der Waals surface area contributed by atoms with Gasteiger partial charge in [0, 0.05) is 66.8 Å². The van der Waals surface area contributed by atoms with E-state index in [1.54, 1.807) is 0 Å². The molecule has 0 atom stereocenters. The van der Waals surface area contributed by atoms with Gasteiger partial charge in [-0.25, -0.2) is 4.98 Å². The van der Waals surface area contributed by atoms with E-state index < -0.39 is 5.41 Å². The maximum absolute atomic E-state index is 7.39. The van der Waals surface area contributed by atoms with Crippen LogP contribution in [0.25, 0.3) is 38.8 Å². The Kier molecular flexibility index (Phi) is 15.9. The molecule has 0 saturated heterocycles. The fourth-order valence-electron chi connectivity index (χ4n) is 12.2. The number of anilines is 4. The van der Waals surface area contributed by atoms with E-state index in [-0.39, 0.29) is 42.7 Å². The van der Waals surface area contributed by atoms with Crippen LogP contribution in [0.2, 0.25) is 0 Å². The van der Waals surface area contributed by atoms with Crippen LogP contribution in [-0.2, 0) is 48.1 Å². The Bertz CT molecular complexity index is 4020. The average Bonchev–Trinajstić information content (AvgIpc) is 2.08. The van der Waals surface area contributed by atoms with Gasteiger partial charge in [0.15, 0.2) is 0 Å². The largest absolute Gasteiger partial charge is 0.509 e. The van der Waals surface area contributed by atoms with Gasteiger partial charge in [-0.3, -0.25) is 0 Å². The zero-order chi connectivity index (χ0) is 59.1. The Hall–Kier alpha value is -7.20. The molecule has 0 bridgehead atoms. The van der Waals surface area contributed by atoms with Crippen molar-refractivity contribution >= 4 is 44.6 Å². The number of para-hydroxylation sites is 1. The quantitative estimate of drug-likeness (QED) is 0.114. The number of aromatic nitrogens is 2. The zero-order valence-corrected chi connectivity index (χ0v) is 54.8. The van der Waals surface area contributed by atoms with Crippen molar-refractivity contribution in [2.45, 2.75) is 157 Å². The minimum absolute atomic E-state index is 0. The van der Waals surface area contributed by atoms with Crippen molar-refractivity contribution in [3.05, 3.63) is 245 Å². The van der Waals surface area contributed by atoms with Crippen LogP contribution in [0.3, 0.4) is 0 Å². The van der Waals surface area contributed by atoms with Crippen molar-refractivity contribution in [3.8, 4) is 28.4 Å². The topological polar surface area (TPSA) is 33.5 Å². The molecule has 434 valence electrons. The summed E-state index contributed by atoms with van der Waals surface area (Å²) >= 11 is 0. The molecule has 10 aromatic rings. The van der Waals surface area contributed by atoms with Gasteiger partial charge in [0.25, 0.3) is 0 Å². The molecule has 6 heteroatoms. The first-order chi connectivity index (χ1) is 39.2. The van der Waals surface area contributed by atoms with E-state index in [1.807, 2.05) is 6.20 Å². The Morgan fingerprint density at radius 3 is 1.67 bits per heavy atom. The van der Waals surface area contributed by atoms with E-state index >= 15 is 0 Å². The van der Waals surface area contributed by atoms with Crippen LogP contribution in [-0.4, -0.2) is 9.55 Å². The summed E-state index contributed by atoms with van der Waals surface area (Å²) in [5.41, 5.74) is 18.7. The third kappa shape index (κ3) is 11.2. The predicted molar refractivity (Wildman–Crippen MR) is 351 cm³/mol. The van der Waals surface area contributed by atoms with Crippen molar-refractivity contribution in [2.75, 3.05) is 9.80 Å². The predicted octanol–water partition coefficient (Wildman–Crippen LogP) is 21.4. The molecule has 3 heterocycles. The minimum Gasteiger partial charge on any atom is -0.509 e. The molecule has 5 nitrogen and oxygen atoms in total. The summed E-state index contributed by atoms with van der Waals surface area (Å²) in [5, 5.41) is 2.27. The normalized spacial score (nSPS) is 13.3. The molecule has 0 unspecified atom stereocenters. The number of hydrogen-bond donors (Lipinski definition) is 0. The molecule has 1 aliphatic rings. The zero-order valence-electron chi connectivity index (χ0n) is 52.5. The van der Waals surface area contributed by atoms with Gasteiger partial charge < -0.3 is 19.1 Å². The number of fused-ring (bicyclic) bond motifs is 4. The molecule has 11 rings (SSSR count). The fraction of sp³-hybridized carbons (Fsp3) is 0.308. The average molecular weight is 1290 g/mol. The van der Waals surface area contributed by atoms with Crippen molar-refractivity contribution < 1.29 is 25.8 Å². The van der Waals surface area contributed by atoms with Crippen LogP contribution in [0.5, 0.6) is 11.5 Å². The van der Waals surface area contributed by atoms with Gasteiger partial charge in [-0.05, 0) is 131 Å².